The highest BCUT2D eigenvalue weighted by molar-refractivity contribution is 6.12. The number of rotatable bonds is 6. The first-order valence-electron chi connectivity index (χ1n) is 8.10. The van der Waals surface area contributed by atoms with E-state index >= 15 is 0 Å². The maximum atomic E-state index is 12.7. The minimum absolute atomic E-state index is 0.299. The number of anilines is 1. The van der Waals surface area contributed by atoms with Gasteiger partial charge in [-0.25, -0.2) is 0 Å². The molecule has 0 aromatic heterocycles. The van der Waals surface area contributed by atoms with Crippen LogP contribution in [0, 0.1) is 0 Å². The van der Waals surface area contributed by atoms with Gasteiger partial charge in [0.1, 0.15) is 6.54 Å². The van der Waals surface area contributed by atoms with Gasteiger partial charge in [0.05, 0.1) is 12.1 Å². The van der Waals surface area contributed by atoms with E-state index < -0.39 is 29.6 Å². The summed E-state index contributed by atoms with van der Waals surface area (Å²) in [6.07, 6.45) is 2.54. The van der Waals surface area contributed by atoms with Crippen LogP contribution >= 0.6 is 0 Å². The maximum Gasteiger partial charge on any atom is 0.264 e. The zero-order valence-electron chi connectivity index (χ0n) is 14.0. The van der Waals surface area contributed by atoms with Crippen molar-refractivity contribution in [1.82, 2.24) is 0 Å². The number of primary amides is 1. The Morgan fingerprint density at radius 1 is 1.08 bits per heavy atom. The van der Waals surface area contributed by atoms with Crippen LogP contribution in [0.3, 0.4) is 0 Å². The number of para-hydroxylation sites is 1. The number of hydrogen-bond acceptors (Lipinski definition) is 4. The minimum atomic E-state index is -2.01. The number of nitrogens with two attached hydrogens (primary N) is 1. The number of fused-ring (bicyclic) bond motifs is 1. The van der Waals surface area contributed by atoms with E-state index in [1.807, 2.05) is 30.3 Å². The molecule has 0 aliphatic carbocycles. The van der Waals surface area contributed by atoms with E-state index in [9.17, 15) is 19.5 Å². The fourth-order valence-electron chi connectivity index (χ4n) is 3.05. The Morgan fingerprint density at radius 2 is 1.73 bits per heavy atom. The second-order valence-electron chi connectivity index (χ2n) is 6.12. The second kappa shape index (κ2) is 6.93. The predicted molar refractivity (Wildman–Crippen MR) is 97.0 cm³/mol. The third kappa shape index (κ3) is 3.27. The van der Waals surface area contributed by atoms with Crippen molar-refractivity contribution in [2.75, 3.05) is 11.4 Å². The van der Waals surface area contributed by atoms with Crippen LogP contribution in [0.2, 0.25) is 0 Å². The Hall–Kier alpha value is -3.25. The molecular formula is C20H18N2O4. The van der Waals surface area contributed by atoms with E-state index in [2.05, 4.69) is 0 Å². The fourth-order valence-corrected chi connectivity index (χ4v) is 3.05. The summed E-state index contributed by atoms with van der Waals surface area (Å²) in [5.74, 6) is -1.83. The Bertz CT molecular complexity index is 892. The van der Waals surface area contributed by atoms with Crippen molar-refractivity contribution in [3.8, 4) is 0 Å². The molecule has 6 nitrogen and oxygen atoms in total. The number of benzene rings is 2. The number of carbonyl (C=O) groups is 3. The molecule has 3 rings (SSSR count). The van der Waals surface area contributed by atoms with Gasteiger partial charge in [-0.3, -0.25) is 19.3 Å². The number of carbonyl (C=O) groups excluding carboxylic acids is 3. The molecule has 0 unspecified atom stereocenters. The lowest BCUT2D eigenvalue weighted by atomic mass is 9.89. The summed E-state index contributed by atoms with van der Waals surface area (Å²) >= 11 is 0. The Kier molecular flexibility index (Phi) is 4.69. The molecule has 0 saturated carbocycles. The number of ketones is 1. The minimum Gasteiger partial charge on any atom is -0.375 e. The number of hydrogen-bond donors (Lipinski definition) is 2. The molecule has 1 aliphatic heterocycles. The van der Waals surface area contributed by atoms with Gasteiger partial charge in [0.2, 0.25) is 5.91 Å². The van der Waals surface area contributed by atoms with Gasteiger partial charge in [-0.2, -0.15) is 0 Å². The van der Waals surface area contributed by atoms with Gasteiger partial charge in [-0.1, -0.05) is 54.6 Å². The summed E-state index contributed by atoms with van der Waals surface area (Å²) < 4.78 is 0. The van der Waals surface area contributed by atoms with Crippen molar-refractivity contribution in [3.63, 3.8) is 0 Å². The van der Waals surface area contributed by atoms with Crippen LogP contribution in [0.25, 0.3) is 6.08 Å². The first-order valence-corrected chi connectivity index (χ1v) is 8.10. The summed E-state index contributed by atoms with van der Waals surface area (Å²) in [5, 5.41) is 11.0. The Morgan fingerprint density at radius 3 is 2.42 bits per heavy atom. The van der Waals surface area contributed by atoms with Crippen molar-refractivity contribution in [2.45, 2.75) is 12.0 Å². The molecule has 132 valence electrons. The van der Waals surface area contributed by atoms with Crippen molar-refractivity contribution in [2.24, 2.45) is 5.73 Å². The van der Waals surface area contributed by atoms with E-state index in [1.54, 1.807) is 30.3 Å². The average Bonchev–Trinajstić information content (AvgIpc) is 2.83. The highest BCUT2D eigenvalue weighted by atomic mass is 16.3. The van der Waals surface area contributed by atoms with Gasteiger partial charge < -0.3 is 10.8 Å². The summed E-state index contributed by atoms with van der Waals surface area (Å²) in [7, 11) is 0. The van der Waals surface area contributed by atoms with Crippen molar-refractivity contribution < 1.29 is 19.5 Å². The zero-order valence-corrected chi connectivity index (χ0v) is 14.0. The highest BCUT2D eigenvalue weighted by Gasteiger charge is 2.50. The third-order valence-corrected chi connectivity index (χ3v) is 4.24. The number of allylic oxidation sites excluding steroid dienone is 1. The summed E-state index contributed by atoms with van der Waals surface area (Å²) in [6, 6.07) is 15.8. The molecule has 2 aromatic rings. The topological polar surface area (TPSA) is 101 Å². The average molecular weight is 350 g/mol. The molecule has 0 spiro atoms. The van der Waals surface area contributed by atoms with Crippen molar-refractivity contribution >= 4 is 29.4 Å². The maximum absolute atomic E-state index is 12.7. The molecule has 1 aliphatic rings. The summed E-state index contributed by atoms with van der Waals surface area (Å²) in [6.45, 7) is -0.355. The standard InChI is InChI=1S/C20H18N2O4/c21-18(24)13-22-17-9-5-4-8-16(17)20(26,19(22)25)12-15(23)11-10-14-6-2-1-3-7-14/h1-11,26H,12-13H2,(H2,21,24)/b11-10-/t20-/m0/s1. The largest absolute Gasteiger partial charge is 0.375 e. The third-order valence-electron chi connectivity index (χ3n) is 4.24. The monoisotopic (exact) mass is 350 g/mol. The van der Waals surface area contributed by atoms with Gasteiger partial charge in [0.25, 0.3) is 5.91 Å². The summed E-state index contributed by atoms with van der Waals surface area (Å²) in [5.41, 5.74) is 4.71. The van der Waals surface area contributed by atoms with Crippen LogP contribution in [-0.2, 0) is 20.0 Å². The first-order chi connectivity index (χ1) is 12.4. The van der Waals surface area contributed by atoms with Crippen LogP contribution in [0.5, 0.6) is 0 Å². The molecule has 3 N–H and O–H groups in total. The van der Waals surface area contributed by atoms with Crippen LogP contribution in [0.15, 0.2) is 60.7 Å². The van der Waals surface area contributed by atoms with Crippen molar-refractivity contribution in [3.05, 3.63) is 71.8 Å². The number of amides is 2. The van der Waals surface area contributed by atoms with Gasteiger partial charge in [0.15, 0.2) is 11.4 Å². The lowest BCUT2D eigenvalue weighted by Crippen LogP contribution is -2.44. The van der Waals surface area contributed by atoms with E-state index in [1.165, 1.54) is 6.08 Å². The van der Waals surface area contributed by atoms with Gasteiger partial charge >= 0.3 is 0 Å². The molecule has 6 heteroatoms. The van der Waals surface area contributed by atoms with Crippen LogP contribution in [-0.4, -0.2) is 29.2 Å². The van der Waals surface area contributed by atoms with Crippen molar-refractivity contribution in [1.29, 1.82) is 0 Å². The van der Waals surface area contributed by atoms with E-state index in [-0.39, 0.29) is 6.54 Å². The van der Waals surface area contributed by atoms with Gasteiger partial charge in [0, 0.05) is 5.56 Å². The number of aliphatic hydroxyl groups is 1. The van der Waals surface area contributed by atoms with E-state index in [0.29, 0.717) is 11.3 Å². The van der Waals surface area contributed by atoms with Crippen LogP contribution in [0.1, 0.15) is 17.5 Å². The molecule has 0 saturated heterocycles. The first kappa shape index (κ1) is 17.6. The molecule has 1 atom stereocenters. The molecular weight excluding hydrogens is 332 g/mol. The molecule has 2 aromatic carbocycles. The predicted octanol–water partition coefficient (Wildman–Crippen LogP) is 1.38. The Labute approximate surface area is 150 Å². The summed E-state index contributed by atoms with van der Waals surface area (Å²) in [4.78, 5) is 37.5. The normalized spacial score (nSPS) is 19.0. The van der Waals surface area contributed by atoms with E-state index in [4.69, 9.17) is 5.73 Å². The van der Waals surface area contributed by atoms with E-state index in [0.717, 1.165) is 10.5 Å². The molecule has 2 amide bonds. The molecule has 0 bridgehead atoms. The smallest absolute Gasteiger partial charge is 0.264 e. The fraction of sp³-hybridized carbons (Fsp3) is 0.150. The number of nitrogens with zero attached hydrogens (tertiary/aromatic N) is 1. The lowest BCUT2D eigenvalue weighted by molar-refractivity contribution is -0.141. The van der Waals surface area contributed by atoms with Crippen LogP contribution < -0.4 is 10.6 Å². The second-order valence-corrected chi connectivity index (χ2v) is 6.12. The molecule has 1 heterocycles. The van der Waals surface area contributed by atoms with Crippen LogP contribution in [0.4, 0.5) is 5.69 Å². The molecule has 0 fully saturated rings. The molecule has 0 radical (unpaired) electrons. The quantitative estimate of drug-likeness (QED) is 0.769. The highest BCUT2D eigenvalue weighted by Crippen LogP contribution is 2.42. The van der Waals surface area contributed by atoms with Gasteiger partial charge in [-0.15, -0.1) is 0 Å². The molecule has 26 heavy (non-hydrogen) atoms. The lowest BCUT2D eigenvalue weighted by Gasteiger charge is -2.21. The zero-order chi connectivity index (χ0) is 18.7. The van der Waals surface area contributed by atoms with Gasteiger partial charge in [-0.05, 0) is 17.7 Å². The SMILES string of the molecule is NC(=O)CN1C(=O)[C@](O)(CC(=O)/C=C\c2ccccc2)c2ccccc21. The Balaban J connectivity index is 1.86.